The topological polar surface area (TPSA) is 38.5 Å². The Morgan fingerprint density at radius 1 is 1.36 bits per heavy atom. The second-order valence-electron chi connectivity index (χ2n) is 4.81. The molecule has 1 heterocycles. The Balaban J connectivity index is 1.68. The first-order chi connectivity index (χ1) is 6.75. The second kappa shape index (κ2) is 4.60. The smallest absolute Gasteiger partial charge is 0.0702 e. The zero-order valence-electron chi connectivity index (χ0n) is 9.11. The van der Waals surface area contributed by atoms with Crippen molar-refractivity contribution in [2.24, 2.45) is 5.73 Å². The van der Waals surface area contributed by atoms with Gasteiger partial charge in [0.15, 0.2) is 0 Å². The minimum atomic E-state index is 0.453. The van der Waals surface area contributed by atoms with E-state index in [0.29, 0.717) is 12.1 Å². The molecule has 0 radical (unpaired) electrons. The van der Waals surface area contributed by atoms with E-state index in [1.165, 1.54) is 32.1 Å². The largest absolute Gasteiger partial charge is 0.377 e. The van der Waals surface area contributed by atoms with E-state index in [9.17, 15) is 0 Å². The first-order valence-electron chi connectivity index (χ1n) is 5.83. The molecule has 0 aromatic carbocycles. The molecule has 1 unspecified atom stereocenters. The van der Waals surface area contributed by atoms with Gasteiger partial charge in [0, 0.05) is 25.2 Å². The Morgan fingerprint density at radius 2 is 2.14 bits per heavy atom. The average Bonchev–Trinajstić information content (AvgIpc) is 2.14. The molecule has 2 N–H and O–H groups in total. The van der Waals surface area contributed by atoms with Crippen LogP contribution in [0, 0.1) is 0 Å². The van der Waals surface area contributed by atoms with Crippen LogP contribution in [-0.4, -0.2) is 43.3 Å². The summed E-state index contributed by atoms with van der Waals surface area (Å²) in [5.74, 6) is 0. The Bertz CT molecular complexity index is 174. The van der Waals surface area contributed by atoms with Crippen LogP contribution in [0.3, 0.4) is 0 Å². The van der Waals surface area contributed by atoms with Gasteiger partial charge in [-0.15, -0.1) is 0 Å². The third-order valence-corrected chi connectivity index (χ3v) is 3.54. The number of nitrogens with two attached hydrogens (primary N) is 1. The molecule has 3 heteroatoms. The summed E-state index contributed by atoms with van der Waals surface area (Å²) in [7, 11) is 2.20. The van der Waals surface area contributed by atoms with Gasteiger partial charge in [-0.3, -0.25) is 0 Å². The summed E-state index contributed by atoms with van der Waals surface area (Å²) in [5.41, 5.74) is 5.78. The highest BCUT2D eigenvalue weighted by Gasteiger charge is 2.30. The lowest BCUT2D eigenvalue weighted by molar-refractivity contribution is -0.0165. The lowest BCUT2D eigenvalue weighted by atomic mass is 9.86. The molecule has 82 valence electrons. The number of likely N-dealkylation sites (N-methyl/N-ethyl adjacent to an activating group) is 1. The van der Waals surface area contributed by atoms with E-state index in [0.717, 1.165) is 19.2 Å². The molecule has 2 rings (SSSR count). The molecule has 0 spiro atoms. The van der Waals surface area contributed by atoms with Gasteiger partial charge in [-0.1, -0.05) is 0 Å². The lowest BCUT2D eigenvalue weighted by Gasteiger charge is -2.41. The molecule has 1 aliphatic heterocycles. The normalized spacial score (nSPS) is 38.4. The van der Waals surface area contributed by atoms with Crippen LogP contribution in [0.4, 0.5) is 0 Å². The van der Waals surface area contributed by atoms with Crippen LogP contribution in [-0.2, 0) is 4.74 Å². The first kappa shape index (κ1) is 10.4. The summed E-state index contributed by atoms with van der Waals surface area (Å²) in [6.45, 7) is 2.06. The molecule has 2 fully saturated rings. The second-order valence-corrected chi connectivity index (χ2v) is 4.81. The van der Waals surface area contributed by atoms with E-state index in [1.807, 2.05) is 0 Å². The molecule has 0 aromatic rings. The molecule has 1 saturated heterocycles. The van der Waals surface area contributed by atoms with E-state index in [1.54, 1.807) is 0 Å². The SMILES string of the molecule is CN(CC1CCCCO1)C1CC(N)C1. The minimum absolute atomic E-state index is 0.453. The van der Waals surface area contributed by atoms with Crippen LogP contribution in [0.15, 0.2) is 0 Å². The predicted octanol–water partition coefficient (Wildman–Crippen LogP) is 0.977. The standard InChI is InChI=1S/C11H22N2O/c1-13(10-6-9(12)7-10)8-11-4-2-3-5-14-11/h9-11H,2-8,12H2,1H3. The molecule has 3 nitrogen and oxygen atoms in total. The van der Waals surface area contributed by atoms with Gasteiger partial charge in [-0.25, -0.2) is 0 Å². The van der Waals surface area contributed by atoms with Crippen LogP contribution < -0.4 is 5.73 Å². The Kier molecular flexibility index (Phi) is 3.42. The molecule has 1 aliphatic carbocycles. The molecule has 2 aliphatic rings. The average molecular weight is 198 g/mol. The Hall–Kier alpha value is -0.120. The van der Waals surface area contributed by atoms with Gasteiger partial charge in [0.1, 0.15) is 0 Å². The van der Waals surface area contributed by atoms with Gasteiger partial charge in [0.2, 0.25) is 0 Å². The number of hydrogen-bond acceptors (Lipinski definition) is 3. The zero-order valence-corrected chi connectivity index (χ0v) is 9.11. The van der Waals surface area contributed by atoms with E-state index in [-0.39, 0.29) is 0 Å². The summed E-state index contributed by atoms with van der Waals surface area (Å²) in [6, 6.07) is 1.17. The van der Waals surface area contributed by atoms with E-state index in [2.05, 4.69) is 11.9 Å². The van der Waals surface area contributed by atoms with E-state index in [4.69, 9.17) is 10.5 Å². The van der Waals surface area contributed by atoms with Gasteiger partial charge in [0.05, 0.1) is 6.10 Å². The maximum absolute atomic E-state index is 5.78. The molecule has 0 bridgehead atoms. The molecular formula is C11H22N2O. The van der Waals surface area contributed by atoms with Gasteiger partial charge in [-0.2, -0.15) is 0 Å². The third kappa shape index (κ3) is 2.47. The highest BCUT2D eigenvalue weighted by molar-refractivity contribution is 4.89. The summed E-state index contributed by atoms with van der Waals surface area (Å²) < 4.78 is 5.72. The van der Waals surface area contributed by atoms with Crippen molar-refractivity contribution in [3.8, 4) is 0 Å². The molecule has 0 aromatic heterocycles. The van der Waals surface area contributed by atoms with Crippen LogP contribution in [0.5, 0.6) is 0 Å². The van der Waals surface area contributed by atoms with Crippen molar-refractivity contribution in [3.63, 3.8) is 0 Å². The van der Waals surface area contributed by atoms with Crippen LogP contribution in [0.25, 0.3) is 0 Å². The van der Waals surface area contributed by atoms with Crippen LogP contribution >= 0.6 is 0 Å². The fourth-order valence-corrected chi connectivity index (χ4v) is 2.41. The molecule has 1 saturated carbocycles. The Morgan fingerprint density at radius 3 is 2.71 bits per heavy atom. The van der Waals surface area contributed by atoms with E-state index >= 15 is 0 Å². The van der Waals surface area contributed by atoms with Crippen molar-refractivity contribution in [2.75, 3.05) is 20.2 Å². The van der Waals surface area contributed by atoms with Gasteiger partial charge < -0.3 is 15.4 Å². The molecule has 0 amide bonds. The van der Waals surface area contributed by atoms with Crippen LogP contribution in [0.1, 0.15) is 32.1 Å². The third-order valence-electron chi connectivity index (χ3n) is 3.54. The zero-order chi connectivity index (χ0) is 9.97. The monoisotopic (exact) mass is 198 g/mol. The van der Waals surface area contributed by atoms with Gasteiger partial charge >= 0.3 is 0 Å². The highest BCUT2D eigenvalue weighted by Crippen LogP contribution is 2.24. The van der Waals surface area contributed by atoms with Crippen LogP contribution in [0.2, 0.25) is 0 Å². The predicted molar refractivity (Wildman–Crippen MR) is 57.2 cm³/mol. The molecular weight excluding hydrogens is 176 g/mol. The fraction of sp³-hybridized carbons (Fsp3) is 1.00. The minimum Gasteiger partial charge on any atom is -0.377 e. The highest BCUT2D eigenvalue weighted by atomic mass is 16.5. The maximum atomic E-state index is 5.78. The summed E-state index contributed by atoms with van der Waals surface area (Å²) in [5, 5.41) is 0. The first-order valence-corrected chi connectivity index (χ1v) is 5.83. The van der Waals surface area contributed by atoms with Crippen molar-refractivity contribution < 1.29 is 4.74 Å². The summed E-state index contributed by atoms with van der Waals surface area (Å²) in [4.78, 5) is 2.43. The summed E-state index contributed by atoms with van der Waals surface area (Å²) in [6.07, 6.45) is 6.64. The van der Waals surface area contributed by atoms with E-state index < -0.39 is 0 Å². The number of ether oxygens (including phenoxy) is 1. The van der Waals surface area contributed by atoms with Crippen molar-refractivity contribution in [1.82, 2.24) is 4.90 Å². The van der Waals surface area contributed by atoms with Gasteiger partial charge in [0.25, 0.3) is 0 Å². The Labute approximate surface area is 86.6 Å². The fourth-order valence-electron chi connectivity index (χ4n) is 2.41. The van der Waals surface area contributed by atoms with Crippen molar-refractivity contribution in [2.45, 2.75) is 50.3 Å². The number of nitrogens with zero attached hydrogens (tertiary/aromatic N) is 1. The quantitative estimate of drug-likeness (QED) is 0.734. The van der Waals surface area contributed by atoms with Crippen molar-refractivity contribution >= 4 is 0 Å². The van der Waals surface area contributed by atoms with Gasteiger partial charge in [-0.05, 0) is 39.2 Å². The van der Waals surface area contributed by atoms with Crippen molar-refractivity contribution in [3.05, 3.63) is 0 Å². The number of hydrogen-bond donors (Lipinski definition) is 1. The van der Waals surface area contributed by atoms with Crippen molar-refractivity contribution in [1.29, 1.82) is 0 Å². The lowest BCUT2D eigenvalue weighted by Crippen LogP contribution is -2.51. The molecule has 14 heavy (non-hydrogen) atoms. The molecule has 1 atom stereocenters. The number of rotatable bonds is 3. The summed E-state index contributed by atoms with van der Waals surface area (Å²) >= 11 is 0. The maximum Gasteiger partial charge on any atom is 0.0702 e.